The van der Waals surface area contributed by atoms with Crippen molar-refractivity contribution in [2.75, 3.05) is 13.1 Å². The molecule has 1 heterocycles. The van der Waals surface area contributed by atoms with Gasteiger partial charge >= 0.3 is 0 Å². The Labute approximate surface area is 120 Å². The summed E-state index contributed by atoms with van der Waals surface area (Å²) in [6, 6.07) is 7.54. The summed E-state index contributed by atoms with van der Waals surface area (Å²) in [5.74, 6) is 0.177. The zero-order valence-corrected chi connectivity index (χ0v) is 12.0. The van der Waals surface area contributed by atoms with Crippen LogP contribution in [0.1, 0.15) is 48.5 Å². The number of unbranched alkanes of at least 4 members (excludes halogenated alkanes) is 1. The second kappa shape index (κ2) is 7.08. The van der Waals surface area contributed by atoms with E-state index in [2.05, 4.69) is 12.2 Å². The van der Waals surface area contributed by atoms with E-state index in [9.17, 15) is 9.59 Å². The number of carbonyl (C=O) groups excluding carboxylic acids is 2. The summed E-state index contributed by atoms with van der Waals surface area (Å²) in [5.41, 5.74) is 1.69. The molecular weight excluding hydrogens is 252 g/mol. The third-order valence-electron chi connectivity index (χ3n) is 3.55. The van der Waals surface area contributed by atoms with Gasteiger partial charge in [-0.3, -0.25) is 9.59 Å². The molecule has 0 atom stereocenters. The van der Waals surface area contributed by atoms with E-state index in [1.165, 1.54) is 0 Å². The van der Waals surface area contributed by atoms with Crippen LogP contribution in [0.25, 0.3) is 0 Å². The molecule has 1 aliphatic heterocycles. The van der Waals surface area contributed by atoms with Crippen LogP contribution in [-0.2, 0) is 11.3 Å². The van der Waals surface area contributed by atoms with E-state index in [1.807, 2.05) is 29.2 Å². The van der Waals surface area contributed by atoms with Gasteiger partial charge in [0.15, 0.2) is 0 Å². The van der Waals surface area contributed by atoms with Gasteiger partial charge in [0, 0.05) is 31.6 Å². The molecule has 1 fully saturated rings. The van der Waals surface area contributed by atoms with E-state index >= 15 is 0 Å². The van der Waals surface area contributed by atoms with E-state index in [1.54, 1.807) is 0 Å². The van der Waals surface area contributed by atoms with Crippen molar-refractivity contribution >= 4 is 11.8 Å². The first-order valence-electron chi connectivity index (χ1n) is 7.35. The fourth-order valence-electron chi connectivity index (χ4n) is 2.38. The van der Waals surface area contributed by atoms with Crippen molar-refractivity contribution in [3.05, 3.63) is 35.4 Å². The van der Waals surface area contributed by atoms with Gasteiger partial charge < -0.3 is 10.2 Å². The number of nitrogens with zero attached hydrogens (tertiary/aromatic N) is 1. The molecule has 1 N–H and O–H groups in total. The van der Waals surface area contributed by atoms with E-state index in [0.29, 0.717) is 25.1 Å². The minimum Gasteiger partial charge on any atom is -0.352 e. The monoisotopic (exact) mass is 274 g/mol. The van der Waals surface area contributed by atoms with Crippen molar-refractivity contribution in [3.63, 3.8) is 0 Å². The lowest BCUT2D eigenvalue weighted by molar-refractivity contribution is -0.128. The highest BCUT2D eigenvalue weighted by Crippen LogP contribution is 2.15. The van der Waals surface area contributed by atoms with E-state index in [0.717, 1.165) is 31.4 Å². The second-order valence-electron chi connectivity index (χ2n) is 5.23. The van der Waals surface area contributed by atoms with E-state index in [-0.39, 0.29) is 11.8 Å². The third-order valence-corrected chi connectivity index (χ3v) is 3.55. The Kier molecular flexibility index (Phi) is 5.16. The van der Waals surface area contributed by atoms with Crippen LogP contribution in [0.4, 0.5) is 0 Å². The van der Waals surface area contributed by atoms with Gasteiger partial charge in [0.25, 0.3) is 5.91 Å². The molecule has 108 valence electrons. The van der Waals surface area contributed by atoms with Crippen LogP contribution < -0.4 is 5.32 Å². The van der Waals surface area contributed by atoms with Crippen molar-refractivity contribution in [1.29, 1.82) is 0 Å². The van der Waals surface area contributed by atoms with Gasteiger partial charge in [-0.1, -0.05) is 25.5 Å². The lowest BCUT2D eigenvalue weighted by Gasteiger charge is -2.16. The van der Waals surface area contributed by atoms with Gasteiger partial charge in [0.1, 0.15) is 0 Å². The van der Waals surface area contributed by atoms with Crippen LogP contribution >= 0.6 is 0 Å². The molecule has 20 heavy (non-hydrogen) atoms. The lowest BCUT2D eigenvalue weighted by Crippen LogP contribution is -2.26. The van der Waals surface area contributed by atoms with Gasteiger partial charge in [0.2, 0.25) is 5.91 Å². The Balaban J connectivity index is 1.96. The number of amides is 2. The van der Waals surface area contributed by atoms with Crippen molar-refractivity contribution in [1.82, 2.24) is 10.2 Å². The molecule has 4 heteroatoms. The minimum absolute atomic E-state index is 0.0342. The molecule has 0 unspecified atom stereocenters. The third kappa shape index (κ3) is 3.83. The summed E-state index contributed by atoms with van der Waals surface area (Å²) < 4.78 is 0. The Morgan fingerprint density at radius 2 is 2.25 bits per heavy atom. The van der Waals surface area contributed by atoms with Gasteiger partial charge in [-0.25, -0.2) is 0 Å². The molecule has 1 saturated heterocycles. The predicted molar refractivity (Wildman–Crippen MR) is 78.3 cm³/mol. The minimum atomic E-state index is -0.0342. The van der Waals surface area contributed by atoms with Crippen molar-refractivity contribution in [3.8, 4) is 0 Å². The molecule has 0 saturated carbocycles. The van der Waals surface area contributed by atoms with Gasteiger partial charge in [-0.05, 0) is 30.5 Å². The molecule has 2 rings (SSSR count). The standard InChI is InChI=1S/C16H22N2O2/c1-2-3-9-17-16(20)14-7-4-6-13(11-14)12-18-10-5-8-15(18)19/h4,6-7,11H,2-3,5,8-10,12H2,1H3,(H,17,20). The zero-order valence-electron chi connectivity index (χ0n) is 12.0. The molecular formula is C16H22N2O2. The van der Waals surface area contributed by atoms with Gasteiger partial charge in [-0.15, -0.1) is 0 Å². The lowest BCUT2D eigenvalue weighted by atomic mass is 10.1. The highest BCUT2D eigenvalue weighted by molar-refractivity contribution is 5.94. The van der Waals surface area contributed by atoms with Crippen molar-refractivity contribution < 1.29 is 9.59 Å². The number of carbonyl (C=O) groups is 2. The summed E-state index contributed by atoms with van der Waals surface area (Å²) >= 11 is 0. The smallest absolute Gasteiger partial charge is 0.251 e. The van der Waals surface area contributed by atoms with Gasteiger partial charge in [0.05, 0.1) is 0 Å². The molecule has 1 aliphatic rings. The molecule has 4 nitrogen and oxygen atoms in total. The molecule has 0 aromatic heterocycles. The second-order valence-corrected chi connectivity index (χ2v) is 5.23. The fraction of sp³-hybridized carbons (Fsp3) is 0.500. The average molecular weight is 274 g/mol. The topological polar surface area (TPSA) is 49.4 Å². The number of likely N-dealkylation sites (tertiary alicyclic amines) is 1. The molecule has 1 aromatic carbocycles. The maximum atomic E-state index is 12.0. The van der Waals surface area contributed by atoms with Crippen molar-refractivity contribution in [2.45, 2.75) is 39.2 Å². The summed E-state index contributed by atoms with van der Waals surface area (Å²) in [7, 11) is 0. The maximum Gasteiger partial charge on any atom is 0.251 e. The molecule has 0 radical (unpaired) electrons. The Morgan fingerprint density at radius 1 is 1.40 bits per heavy atom. The quantitative estimate of drug-likeness (QED) is 0.809. The maximum absolute atomic E-state index is 12.0. The van der Waals surface area contributed by atoms with Crippen LogP contribution in [0.15, 0.2) is 24.3 Å². The van der Waals surface area contributed by atoms with Gasteiger partial charge in [-0.2, -0.15) is 0 Å². The number of nitrogens with one attached hydrogen (secondary N) is 1. The van der Waals surface area contributed by atoms with Crippen LogP contribution in [0.5, 0.6) is 0 Å². The summed E-state index contributed by atoms with van der Waals surface area (Å²) in [4.78, 5) is 25.5. The summed E-state index contributed by atoms with van der Waals surface area (Å²) in [6.07, 6.45) is 3.65. The summed E-state index contributed by atoms with van der Waals surface area (Å²) in [5, 5.41) is 2.91. The Hall–Kier alpha value is -1.84. The number of benzene rings is 1. The Bertz CT molecular complexity index is 485. The fourth-order valence-corrected chi connectivity index (χ4v) is 2.38. The first-order valence-corrected chi connectivity index (χ1v) is 7.35. The molecule has 0 bridgehead atoms. The Morgan fingerprint density at radius 3 is 2.95 bits per heavy atom. The summed E-state index contributed by atoms with van der Waals surface area (Å²) in [6.45, 7) is 4.24. The first-order chi connectivity index (χ1) is 9.70. The van der Waals surface area contributed by atoms with Crippen LogP contribution in [0.3, 0.4) is 0 Å². The highest BCUT2D eigenvalue weighted by atomic mass is 16.2. The number of rotatable bonds is 6. The number of hydrogen-bond donors (Lipinski definition) is 1. The SMILES string of the molecule is CCCCNC(=O)c1cccc(CN2CCCC2=O)c1. The molecule has 2 amide bonds. The zero-order chi connectivity index (χ0) is 14.4. The predicted octanol–water partition coefficient (Wildman–Crippen LogP) is 2.34. The van der Waals surface area contributed by atoms with Crippen LogP contribution in [-0.4, -0.2) is 29.8 Å². The molecule has 0 spiro atoms. The largest absolute Gasteiger partial charge is 0.352 e. The average Bonchev–Trinajstić information content (AvgIpc) is 2.85. The highest BCUT2D eigenvalue weighted by Gasteiger charge is 2.20. The number of hydrogen-bond acceptors (Lipinski definition) is 2. The van der Waals surface area contributed by atoms with E-state index in [4.69, 9.17) is 0 Å². The normalized spacial score (nSPS) is 14.7. The van der Waals surface area contributed by atoms with Crippen LogP contribution in [0, 0.1) is 0 Å². The van der Waals surface area contributed by atoms with E-state index < -0.39 is 0 Å². The van der Waals surface area contributed by atoms with Crippen LogP contribution in [0.2, 0.25) is 0 Å². The molecule has 1 aromatic rings. The van der Waals surface area contributed by atoms with Crippen molar-refractivity contribution in [2.24, 2.45) is 0 Å². The first kappa shape index (κ1) is 14.6. The molecule has 0 aliphatic carbocycles.